The highest BCUT2D eigenvalue weighted by atomic mass is 35.5. The number of nitrogens with zero attached hydrogens (tertiary/aromatic N) is 10. The molecule has 4 fully saturated rings. The fourth-order valence-corrected chi connectivity index (χ4v) is 8.53. The third kappa shape index (κ3) is 8.08. The van der Waals surface area contributed by atoms with Crippen molar-refractivity contribution in [1.82, 2.24) is 29.2 Å². The summed E-state index contributed by atoms with van der Waals surface area (Å²) in [5.41, 5.74) is 4.47. The van der Waals surface area contributed by atoms with Gasteiger partial charge in [-0.15, -0.1) is 33.4 Å². The number of anilines is 4. The summed E-state index contributed by atoms with van der Waals surface area (Å²) in [5, 5.41) is 15.6. The number of alkyl halides is 2. The normalized spacial score (nSPS) is 24.0. The van der Waals surface area contributed by atoms with Gasteiger partial charge in [-0.25, -0.2) is 18.6 Å². The molecule has 0 spiro atoms. The van der Waals surface area contributed by atoms with E-state index < -0.39 is 12.1 Å². The molecule has 2 saturated carbocycles. The first kappa shape index (κ1) is 38.3. The second kappa shape index (κ2) is 16.2. The number of hydrogen-bond donors (Lipinski definition) is 2. The number of halogens is 2. The molecule has 8 heterocycles. The Balaban J connectivity index is 0.000000150. The molecular formula is C40H46Cl2N12O4. The monoisotopic (exact) mass is 828 g/mol. The van der Waals surface area contributed by atoms with Crippen molar-refractivity contribution in [2.75, 3.05) is 59.8 Å². The minimum Gasteiger partial charge on any atom is -0.464 e. The van der Waals surface area contributed by atoms with E-state index in [1.807, 2.05) is 46.5 Å². The predicted octanol–water partition coefficient (Wildman–Crippen LogP) is 5.28. The summed E-state index contributed by atoms with van der Waals surface area (Å²) in [4.78, 5) is 47.2. The van der Waals surface area contributed by atoms with Crippen molar-refractivity contribution in [3.05, 3.63) is 60.0 Å². The number of aromatic nitrogens is 6. The zero-order chi connectivity index (χ0) is 39.9. The van der Waals surface area contributed by atoms with E-state index in [9.17, 15) is 9.59 Å². The summed E-state index contributed by atoms with van der Waals surface area (Å²) in [6, 6.07) is 6.76. The molecule has 4 aromatic rings. The smallest absolute Gasteiger partial charge is 0.328 e. The van der Waals surface area contributed by atoms with Crippen molar-refractivity contribution < 1.29 is 19.1 Å². The van der Waals surface area contributed by atoms with Crippen LogP contribution in [0.5, 0.6) is 0 Å². The summed E-state index contributed by atoms with van der Waals surface area (Å²) in [7, 11) is 0. The first-order chi connectivity index (χ1) is 28.2. The van der Waals surface area contributed by atoms with Crippen LogP contribution in [0.3, 0.4) is 0 Å². The Hall–Kier alpha value is -5.22. The lowest BCUT2D eigenvalue weighted by Crippen LogP contribution is -2.38. The minimum absolute atomic E-state index is 0.159. The van der Waals surface area contributed by atoms with Crippen LogP contribution in [0.4, 0.5) is 23.5 Å². The number of fused-ring (bicyclic) bond motifs is 2. The molecule has 304 valence electrons. The zero-order valence-electron chi connectivity index (χ0n) is 32.4. The highest BCUT2D eigenvalue weighted by Gasteiger charge is 2.40. The molecule has 0 radical (unpaired) electrons. The van der Waals surface area contributed by atoms with Crippen LogP contribution in [0.1, 0.15) is 52.4 Å². The van der Waals surface area contributed by atoms with Gasteiger partial charge in [-0.3, -0.25) is 9.98 Å². The fraction of sp³-hybridized carbons (Fsp3) is 0.500. The van der Waals surface area contributed by atoms with Crippen LogP contribution >= 0.6 is 23.2 Å². The summed E-state index contributed by atoms with van der Waals surface area (Å²) < 4.78 is 14.0. The Kier molecular flexibility index (Phi) is 10.7. The van der Waals surface area contributed by atoms with Gasteiger partial charge in [0, 0.05) is 25.5 Å². The Morgan fingerprint density at radius 1 is 0.707 bits per heavy atom. The van der Waals surface area contributed by atoms with Crippen LogP contribution in [0.25, 0.3) is 11.0 Å². The molecule has 58 heavy (non-hydrogen) atoms. The summed E-state index contributed by atoms with van der Waals surface area (Å²) in [6.45, 7) is 6.75. The second-order valence-electron chi connectivity index (χ2n) is 15.3. The van der Waals surface area contributed by atoms with E-state index in [1.54, 1.807) is 22.9 Å². The fourth-order valence-electron chi connectivity index (χ4n) is 7.89. The van der Waals surface area contributed by atoms with Crippen LogP contribution in [-0.2, 0) is 19.1 Å². The highest BCUT2D eigenvalue weighted by Crippen LogP contribution is 2.39. The number of ether oxygens (including phenoxy) is 2. The largest absolute Gasteiger partial charge is 0.464 e. The topological polar surface area (TPSA) is 168 Å². The maximum atomic E-state index is 12.4. The molecule has 4 atom stereocenters. The van der Waals surface area contributed by atoms with E-state index in [2.05, 4.69) is 43.0 Å². The van der Waals surface area contributed by atoms with Gasteiger partial charge in [-0.05, 0) is 112 Å². The quantitative estimate of drug-likeness (QED) is 0.157. The van der Waals surface area contributed by atoms with E-state index in [0.717, 1.165) is 35.8 Å². The van der Waals surface area contributed by atoms with E-state index in [-0.39, 0.29) is 22.7 Å². The molecule has 2 N–H and O–H groups in total. The van der Waals surface area contributed by atoms with E-state index in [0.29, 0.717) is 74.5 Å². The first-order valence-electron chi connectivity index (χ1n) is 20.1. The number of nitrogens with one attached hydrogen (secondary N) is 2. The molecule has 0 unspecified atom stereocenters. The Labute approximate surface area is 345 Å². The van der Waals surface area contributed by atoms with Crippen molar-refractivity contribution in [3.8, 4) is 0 Å². The number of carbonyl (C=O) groups is 2. The van der Waals surface area contributed by atoms with E-state index in [1.165, 1.54) is 36.8 Å². The summed E-state index contributed by atoms with van der Waals surface area (Å²) in [6.07, 6.45) is 14.1. The standard InChI is InChI=1S/2C20H23ClN6O2/c2*1-2-29-19(28)16-9-14(21)11-26(16)20-24-18(15-4-3-7-27(15)25-20)23-17-8-13(10-22-17)12-5-6-12/h2*3-4,7-8,12,14,16H,2,5-6,9-11H2,1H3,(H,22,23,24,25)/t14-,16+;14-,16-/m10/s1. The third-order valence-corrected chi connectivity index (χ3v) is 11.7. The van der Waals surface area contributed by atoms with E-state index in [4.69, 9.17) is 42.6 Å². The maximum absolute atomic E-state index is 12.4. The Morgan fingerprint density at radius 3 is 1.53 bits per heavy atom. The van der Waals surface area contributed by atoms with Crippen LogP contribution in [-0.4, -0.2) is 115 Å². The lowest BCUT2D eigenvalue weighted by molar-refractivity contribution is -0.145. The third-order valence-electron chi connectivity index (χ3n) is 11.1. The van der Waals surface area contributed by atoms with Crippen LogP contribution in [0, 0.1) is 11.8 Å². The minimum atomic E-state index is -0.483. The van der Waals surface area contributed by atoms with Gasteiger partial charge in [0.1, 0.15) is 34.8 Å². The highest BCUT2D eigenvalue weighted by molar-refractivity contribution is 6.22. The zero-order valence-corrected chi connectivity index (χ0v) is 33.9. The van der Waals surface area contributed by atoms with Crippen LogP contribution in [0.2, 0.25) is 0 Å². The molecule has 16 nitrogen and oxygen atoms in total. The van der Waals surface area contributed by atoms with Gasteiger partial charge in [0.25, 0.3) is 0 Å². The lowest BCUT2D eigenvalue weighted by Gasteiger charge is -2.23. The van der Waals surface area contributed by atoms with Gasteiger partial charge in [-0.1, -0.05) is 0 Å². The molecule has 0 bridgehead atoms. The van der Waals surface area contributed by atoms with Crippen molar-refractivity contribution in [2.24, 2.45) is 21.8 Å². The van der Waals surface area contributed by atoms with Gasteiger partial charge in [0.2, 0.25) is 11.9 Å². The molecule has 2 aliphatic carbocycles. The van der Waals surface area contributed by atoms with Gasteiger partial charge in [0.15, 0.2) is 11.6 Å². The predicted molar refractivity (Wildman–Crippen MR) is 223 cm³/mol. The van der Waals surface area contributed by atoms with Crippen LogP contribution < -0.4 is 20.4 Å². The molecule has 4 aromatic heterocycles. The average molecular weight is 830 g/mol. The summed E-state index contributed by atoms with van der Waals surface area (Å²) in [5.74, 6) is 4.66. The number of rotatable bonds is 10. The van der Waals surface area contributed by atoms with Gasteiger partial charge in [0.05, 0.1) is 37.1 Å². The lowest BCUT2D eigenvalue weighted by atomic mass is 10.2. The molecule has 2 saturated heterocycles. The number of aliphatic imine (C=N–C) groups is 2. The average Bonchev–Trinajstić information content (AvgIpc) is 3.73. The first-order valence-corrected chi connectivity index (χ1v) is 21.0. The number of esters is 2. The van der Waals surface area contributed by atoms with Crippen molar-refractivity contribution in [1.29, 1.82) is 0 Å². The Morgan fingerprint density at radius 2 is 1.14 bits per heavy atom. The van der Waals surface area contributed by atoms with Crippen molar-refractivity contribution in [3.63, 3.8) is 0 Å². The Bertz CT molecular complexity index is 2190. The molecule has 6 aliphatic rings. The summed E-state index contributed by atoms with van der Waals surface area (Å²) >= 11 is 12.7. The molecule has 18 heteroatoms. The number of carbonyl (C=O) groups excluding carboxylic acids is 2. The van der Waals surface area contributed by atoms with Gasteiger partial charge >= 0.3 is 11.9 Å². The molecular weight excluding hydrogens is 783 g/mol. The molecule has 0 aromatic carbocycles. The van der Waals surface area contributed by atoms with Crippen molar-refractivity contribution >= 4 is 81.4 Å². The van der Waals surface area contributed by atoms with Gasteiger partial charge < -0.3 is 29.9 Å². The molecule has 0 amide bonds. The van der Waals surface area contributed by atoms with Crippen molar-refractivity contribution in [2.45, 2.75) is 75.2 Å². The van der Waals surface area contributed by atoms with Gasteiger partial charge in [-0.2, -0.15) is 9.97 Å². The second-order valence-corrected chi connectivity index (χ2v) is 16.6. The number of amidine groups is 2. The number of hydrogen-bond acceptors (Lipinski definition) is 14. The molecule has 10 rings (SSSR count). The van der Waals surface area contributed by atoms with E-state index >= 15 is 0 Å². The maximum Gasteiger partial charge on any atom is 0.328 e. The SMILES string of the molecule is CCOC(=O)[C@@H]1C[C@@H](Cl)CN1c1nc(NC2=NCC(C3CC3)=C2)c2cccn2n1.CCOC(=O)[C@@H]1C[C@H](Cl)CN1c1nc(NC2=NCC(C3CC3)=C2)c2cccn2n1. The molecule has 4 aliphatic heterocycles. The van der Waals surface area contributed by atoms with Crippen LogP contribution in [0.15, 0.2) is 69.9 Å².